The smallest absolute Gasteiger partial charge is 0.416 e. The third-order valence-electron chi connectivity index (χ3n) is 6.07. The fourth-order valence-electron chi connectivity index (χ4n) is 4.24. The zero-order chi connectivity index (χ0) is 25.1. The summed E-state index contributed by atoms with van der Waals surface area (Å²) in [6.07, 6.45) is -0.894. The molecule has 1 aliphatic heterocycles. The predicted molar refractivity (Wildman–Crippen MR) is 131 cm³/mol. The van der Waals surface area contributed by atoms with E-state index in [2.05, 4.69) is 20.6 Å². The van der Waals surface area contributed by atoms with Crippen molar-refractivity contribution in [3.63, 3.8) is 0 Å². The lowest BCUT2D eigenvalue weighted by Gasteiger charge is -2.23. The summed E-state index contributed by atoms with van der Waals surface area (Å²) in [5.41, 5.74) is -0.309. The summed E-state index contributed by atoms with van der Waals surface area (Å²) in [5, 5.41) is 6.93. The number of nitrogens with zero attached hydrogens (tertiary/aromatic N) is 3. The molecular formula is C26H24F3N5O2. The lowest BCUT2D eigenvalue weighted by molar-refractivity contribution is -0.138. The fraction of sp³-hybridized carbons (Fsp3) is 0.269. The molecule has 0 spiro atoms. The van der Waals surface area contributed by atoms with Crippen molar-refractivity contribution in [3.05, 3.63) is 88.3 Å². The molecule has 36 heavy (non-hydrogen) atoms. The first-order chi connectivity index (χ1) is 17.4. The normalized spacial score (nSPS) is 14.6. The van der Waals surface area contributed by atoms with Crippen LogP contribution in [-0.4, -0.2) is 33.7 Å². The van der Waals surface area contributed by atoms with Gasteiger partial charge in [0, 0.05) is 23.3 Å². The molecule has 0 bridgehead atoms. The Labute approximate surface area is 205 Å². The average Bonchev–Trinajstić information content (AvgIpc) is 2.87. The van der Waals surface area contributed by atoms with Gasteiger partial charge in [-0.25, -0.2) is 4.98 Å². The lowest BCUT2D eigenvalue weighted by Crippen LogP contribution is -2.34. The van der Waals surface area contributed by atoms with E-state index in [0.717, 1.165) is 37.7 Å². The largest absolute Gasteiger partial charge is 0.490 e. The summed E-state index contributed by atoms with van der Waals surface area (Å²) in [6, 6.07) is 15.4. The number of nitrogens with one attached hydrogen (secondary N) is 2. The molecule has 4 aromatic rings. The molecule has 1 fully saturated rings. The summed E-state index contributed by atoms with van der Waals surface area (Å²) in [5.74, 6) is 0.988. The van der Waals surface area contributed by atoms with E-state index in [1.165, 1.54) is 35.0 Å². The third-order valence-corrected chi connectivity index (χ3v) is 6.07. The molecule has 0 atom stereocenters. The quantitative estimate of drug-likeness (QED) is 0.403. The van der Waals surface area contributed by atoms with Gasteiger partial charge in [0.05, 0.1) is 12.1 Å². The van der Waals surface area contributed by atoms with E-state index in [4.69, 9.17) is 4.74 Å². The Bertz CT molecular complexity index is 1410. The Morgan fingerprint density at radius 3 is 2.53 bits per heavy atom. The van der Waals surface area contributed by atoms with Gasteiger partial charge >= 0.3 is 6.18 Å². The number of fused-ring (bicyclic) bond motifs is 1. The fourth-order valence-corrected chi connectivity index (χ4v) is 4.24. The van der Waals surface area contributed by atoms with Crippen LogP contribution in [0.4, 0.5) is 24.8 Å². The van der Waals surface area contributed by atoms with Crippen LogP contribution in [0, 0.1) is 0 Å². The zero-order valence-corrected chi connectivity index (χ0v) is 19.3. The van der Waals surface area contributed by atoms with Crippen molar-refractivity contribution in [1.82, 2.24) is 19.9 Å². The van der Waals surface area contributed by atoms with Crippen LogP contribution in [0.1, 0.15) is 24.0 Å². The topological polar surface area (TPSA) is 81.1 Å². The van der Waals surface area contributed by atoms with Crippen molar-refractivity contribution in [2.24, 2.45) is 0 Å². The van der Waals surface area contributed by atoms with Gasteiger partial charge in [-0.2, -0.15) is 18.2 Å². The van der Waals surface area contributed by atoms with E-state index in [9.17, 15) is 18.0 Å². The number of ether oxygens (including phenoxy) is 1. The molecule has 0 amide bonds. The van der Waals surface area contributed by atoms with Crippen LogP contribution in [0.3, 0.4) is 0 Å². The molecule has 0 unspecified atom stereocenters. The number of alkyl halides is 3. The van der Waals surface area contributed by atoms with Gasteiger partial charge in [-0.3, -0.25) is 9.36 Å². The summed E-state index contributed by atoms with van der Waals surface area (Å²) in [6.45, 7) is 1.61. The van der Waals surface area contributed by atoms with Crippen LogP contribution >= 0.6 is 0 Å². The number of halogens is 3. The molecule has 5 rings (SSSR count). The van der Waals surface area contributed by atoms with Crippen LogP contribution < -0.4 is 20.9 Å². The minimum absolute atomic E-state index is 0.0166. The van der Waals surface area contributed by atoms with Crippen LogP contribution in [-0.2, 0) is 12.7 Å². The third kappa shape index (κ3) is 5.33. The number of benzene rings is 2. The van der Waals surface area contributed by atoms with Gasteiger partial charge in [0.15, 0.2) is 0 Å². The van der Waals surface area contributed by atoms with Gasteiger partial charge in [0.1, 0.15) is 17.5 Å². The van der Waals surface area contributed by atoms with Crippen molar-refractivity contribution < 1.29 is 17.9 Å². The average molecular weight is 496 g/mol. The Kier molecular flexibility index (Phi) is 6.60. The van der Waals surface area contributed by atoms with E-state index in [1.807, 2.05) is 24.3 Å². The highest BCUT2D eigenvalue weighted by molar-refractivity contribution is 5.75. The molecule has 2 N–H and O–H groups in total. The van der Waals surface area contributed by atoms with Crippen LogP contribution in [0.2, 0.25) is 0 Å². The molecular weight excluding hydrogens is 471 g/mol. The molecule has 2 aromatic heterocycles. The summed E-state index contributed by atoms with van der Waals surface area (Å²) in [7, 11) is 0. The van der Waals surface area contributed by atoms with Gasteiger partial charge in [0.2, 0.25) is 5.95 Å². The first-order valence-electron chi connectivity index (χ1n) is 11.6. The van der Waals surface area contributed by atoms with Crippen LogP contribution in [0.25, 0.3) is 11.0 Å². The SMILES string of the molecule is O=c1ccc2cnc(Nc3ccc(OC4CCNCC4)cc3)nc2n1Cc1ccccc1C(F)(F)F. The maximum Gasteiger partial charge on any atom is 0.416 e. The highest BCUT2D eigenvalue weighted by Gasteiger charge is 2.33. The van der Waals surface area contributed by atoms with E-state index >= 15 is 0 Å². The number of hydrogen-bond donors (Lipinski definition) is 2. The van der Waals surface area contributed by atoms with Gasteiger partial charge in [0.25, 0.3) is 5.56 Å². The first-order valence-corrected chi connectivity index (χ1v) is 11.6. The number of pyridine rings is 1. The number of rotatable bonds is 6. The second-order valence-electron chi connectivity index (χ2n) is 8.60. The summed E-state index contributed by atoms with van der Waals surface area (Å²) in [4.78, 5) is 21.4. The van der Waals surface area contributed by atoms with Crippen molar-refractivity contribution in [2.45, 2.75) is 31.7 Å². The minimum atomic E-state index is -4.53. The van der Waals surface area contributed by atoms with Gasteiger partial charge in [-0.1, -0.05) is 18.2 Å². The van der Waals surface area contributed by atoms with Crippen molar-refractivity contribution in [3.8, 4) is 5.75 Å². The monoisotopic (exact) mass is 495 g/mol. The Morgan fingerprint density at radius 1 is 1.03 bits per heavy atom. The number of aromatic nitrogens is 3. The molecule has 0 saturated carbocycles. The van der Waals surface area contributed by atoms with E-state index in [-0.39, 0.29) is 29.8 Å². The molecule has 7 nitrogen and oxygen atoms in total. The number of hydrogen-bond acceptors (Lipinski definition) is 6. The van der Waals surface area contributed by atoms with E-state index in [1.54, 1.807) is 6.07 Å². The van der Waals surface area contributed by atoms with Gasteiger partial charge in [-0.15, -0.1) is 0 Å². The van der Waals surface area contributed by atoms with Gasteiger partial charge < -0.3 is 15.4 Å². The van der Waals surface area contributed by atoms with Crippen LogP contribution in [0.5, 0.6) is 5.75 Å². The van der Waals surface area contributed by atoms with Gasteiger partial charge in [-0.05, 0) is 67.9 Å². The van der Waals surface area contributed by atoms with Crippen molar-refractivity contribution in [2.75, 3.05) is 18.4 Å². The maximum atomic E-state index is 13.5. The second kappa shape index (κ2) is 9.98. The summed E-state index contributed by atoms with van der Waals surface area (Å²) < 4.78 is 47.7. The Balaban J connectivity index is 1.40. The summed E-state index contributed by atoms with van der Waals surface area (Å²) >= 11 is 0. The van der Waals surface area contributed by atoms with Crippen molar-refractivity contribution >= 4 is 22.7 Å². The molecule has 0 aliphatic carbocycles. The predicted octanol–water partition coefficient (Wildman–Crippen LogP) is 4.73. The number of anilines is 2. The standard InChI is InChI=1S/C26H24F3N5O2/c27-26(28,29)22-4-2-1-3-18(22)16-34-23(35)10-5-17-15-31-25(33-24(17)34)32-19-6-8-20(9-7-19)36-21-11-13-30-14-12-21/h1-10,15,21,30H,11-14,16H2,(H,31,32,33). The van der Waals surface area contributed by atoms with Crippen molar-refractivity contribution in [1.29, 1.82) is 0 Å². The number of piperidine rings is 1. The molecule has 1 aliphatic rings. The molecule has 186 valence electrons. The molecule has 1 saturated heterocycles. The molecule has 2 aromatic carbocycles. The van der Waals surface area contributed by atoms with E-state index in [0.29, 0.717) is 11.1 Å². The maximum absolute atomic E-state index is 13.5. The molecule has 10 heteroatoms. The Hall–Kier alpha value is -3.92. The van der Waals surface area contributed by atoms with Crippen LogP contribution in [0.15, 0.2) is 71.7 Å². The first kappa shape index (κ1) is 23.8. The van der Waals surface area contributed by atoms with E-state index < -0.39 is 17.3 Å². The minimum Gasteiger partial charge on any atom is -0.490 e. The zero-order valence-electron chi connectivity index (χ0n) is 19.3. The second-order valence-corrected chi connectivity index (χ2v) is 8.60. The molecule has 0 radical (unpaired) electrons. The highest BCUT2D eigenvalue weighted by atomic mass is 19.4. The molecule has 3 heterocycles. The lowest BCUT2D eigenvalue weighted by atomic mass is 10.1. The Morgan fingerprint density at radius 2 is 1.78 bits per heavy atom. The highest BCUT2D eigenvalue weighted by Crippen LogP contribution is 2.32.